The molecule has 2 rings (SSSR count). The third-order valence-corrected chi connectivity index (χ3v) is 2.74. The smallest absolute Gasteiger partial charge is 0.411 e. The number of aromatic nitrogens is 2. The molecule has 21 heavy (non-hydrogen) atoms. The Morgan fingerprint density at radius 2 is 2.10 bits per heavy atom. The molecule has 2 aromatic rings. The quantitative estimate of drug-likeness (QED) is 0.643. The predicted molar refractivity (Wildman–Crippen MR) is 77.0 cm³/mol. The van der Waals surface area contributed by atoms with Gasteiger partial charge in [-0.1, -0.05) is 13.8 Å². The standard InChI is InChI=1S/C13H16N4O4/c1-6(2)11(18)21-17-8-4-7(3)10-9(5-8)14-12(15-10)16-13(19)20/h4-6,17H,1-3H3,(H,19,20)(H2,14,15,16). The third kappa shape index (κ3) is 3.41. The average Bonchev–Trinajstić information content (AvgIpc) is 2.77. The number of anilines is 2. The molecule has 0 aliphatic heterocycles. The molecule has 8 nitrogen and oxygen atoms in total. The fourth-order valence-corrected chi connectivity index (χ4v) is 1.74. The number of rotatable bonds is 4. The minimum atomic E-state index is -1.20. The van der Waals surface area contributed by atoms with Crippen molar-refractivity contribution in [2.45, 2.75) is 20.8 Å². The van der Waals surface area contributed by atoms with Crippen molar-refractivity contribution in [3.05, 3.63) is 17.7 Å². The van der Waals surface area contributed by atoms with Crippen molar-refractivity contribution in [2.24, 2.45) is 5.92 Å². The van der Waals surface area contributed by atoms with Crippen molar-refractivity contribution >= 4 is 34.7 Å². The van der Waals surface area contributed by atoms with Crippen LogP contribution in [0.3, 0.4) is 0 Å². The van der Waals surface area contributed by atoms with Crippen molar-refractivity contribution in [3.8, 4) is 0 Å². The molecule has 4 N–H and O–H groups in total. The summed E-state index contributed by atoms with van der Waals surface area (Å²) in [5.41, 5.74) is 5.22. The van der Waals surface area contributed by atoms with Gasteiger partial charge in [-0.2, -0.15) is 0 Å². The maximum Gasteiger partial charge on any atom is 0.411 e. The molecule has 0 fully saturated rings. The highest BCUT2D eigenvalue weighted by molar-refractivity contribution is 5.88. The fraction of sp³-hybridized carbons (Fsp3) is 0.308. The molecular formula is C13H16N4O4. The lowest BCUT2D eigenvalue weighted by Gasteiger charge is -2.09. The van der Waals surface area contributed by atoms with E-state index in [1.165, 1.54) is 0 Å². The number of imidazole rings is 1. The number of carbonyl (C=O) groups is 2. The summed E-state index contributed by atoms with van der Waals surface area (Å²) >= 11 is 0. The van der Waals surface area contributed by atoms with Gasteiger partial charge in [0.05, 0.1) is 22.6 Å². The molecule has 0 spiro atoms. The van der Waals surface area contributed by atoms with E-state index in [4.69, 9.17) is 9.94 Å². The van der Waals surface area contributed by atoms with Gasteiger partial charge < -0.3 is 14.9 Å². The zero-order chi connectivity index (χ0) is 15.6. The topological polar surface area (TPSA) is 116 Å². The minimum Gasteiger partial charge on any atom is -0.465 e. The van der Waals surface area contributed by atoms with Gasteiger partial charge in [0.25, 0.3) is 0 Å². The molecule has 1 aromatic carbocycles. The first-order valence-electron chi connectivity index (χ1n) is 6.34. The van der Waals surface area contributed by atoms with Gasteiger partial charge in [-0.3, -0.25) is 5.32 Å². The molecule has 1 amide bonds. The van der Waals surface area contributed by atoms with Gasteiger partial charge >= 0.3 is 12.1 Å². The fourth-order valence-electron chi connectivity index (χ4n) is 1.74. The van der Waals surface area contributed by atoms with Crippen molar-refractivity contribution in [1.29, 1.82) is 0 Å². The number of amides is 1. The lowest BCUT2D eigenvalue weighted by Crippen LogP contribution is -2.15. The van der Waals surface area contributed by atoms with Crippen LogP contribution >= 0.6 is 0 Å². The number of aryl methyl sites for hydroxylation is 1. The van der Waals surface area contributed by atoms with Crippen LogP contribution in [0.2, 0.25) is 0 Å². The Hall–Kier alpha value is -2.77. The molecule has 0 saturated carbocycles. The van der Waals surface area contributed by atoms with Crippen LogP contribution in [-0.4, -0.2) is 27.1 Å². The number of nitrogens with zero attached hydrogens (tertiary/aromatic N) is 1. The summed E-state index contributed by atoms with van der Waals surface area (Å²) in [5, 5.41) is 10.8. The Kier molecular flexibility index (Phi) is 3.97. The second-order valence-electron chi connectivity index (χ2n) is 4.88. The van der Waals surface area contributed by atoms with Crippen LogP contribution in [-0.2, 0) is 9.63 Å². The normalized spacial score (nSPS) is 10.7. The number of carbonyl (C=O) groups excluding carboxylic acids is 1. The molecule has 1 aromatic heterocycles. The van der Waals surface area contributed by atoms with Crippen molar-refractivity contribution in [2.75, 3.05) is 10.8 Å². The van der Waals surface area contributed by atoms with Gasteiger partial charge in [-0.05, 0) is 24.6 Å². The molecule has 0 unspecified atom stereocenters. The number of benzene rings is 1. The van der Waals surface area contributed by atoms with Crippen LogP contribution < -0.4 is 10.8 Å². The van der Waals surface area contributed by atoms with Crippen LogP contribution in [0.4, 0.5) is 16.4 Å². The van der Waals surface area contributed by atoms with E-state index in [-0.39, 0.29) is 17.8 Å². The highest BCUT2D eigenvalue weighted by atomic mass is 16.7. The van der Waals surface area contributed by atoms with E-state index in [2.05, 4.69) is 20.8 Å². The van der Waals surface area contributed by atoms with Crippen LogP contribution in [0.5, 0.6) is 0 Å². The minimum absolute atomic E-state index is 0.136. The second-order valence-corrected chi connectivity index (χ2v) is 4.88. The predicted octanol–water partition coefficient (Wildman–Crippen LogP) is 2.49. The Balaban J connectivity index is 2.23. The molecule has 0 saturated heterocycles. The average molecular weight is 292 g/mol. The summed E-state index contributed by atoms with van der Waals surface area (Å²) in [6, 6.07) is 3.43. The van der Waals surface area contributed by atoms with Gasteiger partial charge in [-0.25, -0.2) is 20.1 Å². The molecule has 0 aliphatic rings. The van der Waals surface area contributed by atoms with Gasteiger partial charge in [-0.15, -0.1) is 0 Å². The summed E-state index contributed by atoms with van der Waals surface area (Å²) in [7, 11) is 0. The summed E-state index contributed by atoms with van der Waals surface area (Å²) in [6.07, 6.45) is -1.20. The Labute approximate surface area is 120 Å². The largest absolute Gasteiger partial charge is 0.465 e. The van der Waals surface area contributed by atoms with Gasteiger partial charge in [0.2, 0.25) is 5.95 Å². The number of H-pyrrole nitrogens is 1. The number of nitrogens with one attached hydrogen (secondary N) is 3. The van der Waals surface area contributed by atoms with E-state index in [0.717, 1.165) is 5.56 Å². The van der Waals surface area contributed by atoms with Crippen LogP contribution in [0, 0.1) is 12.8 Å². The lowest BCUT2D eigenvalue weighted by atomic mass is 10.2. The third-order valence-electron chi connectivity index (χ3n) is 2.74. The first kappa shape index (κ1) is 14.6. The number of fused-ring (bicyclic) bond motifs is 1. The van der Waals surface area contributed by atoms with Crippen LogP contribution in [0.25, 0.3) is 11.0 Å². The Morgan fingerprint density at radius 1 is 1.38 bits per heavy atom. The van der Waals surface area contributed by atoms with E-state index < -0.39 is 6.09 Å². The summed E-state index contributed by atoms with van der Waals surface area (Å²) < 4.78 is 0. The van der Waals surface area contributed by atoms with E-state index in [9.17, 15) is 9.59 Å². The molecule has 0 aliphatic carbocycles. The molecule has 112 valence electrons. The highest BCUT2D eigenvalue weighted by Crippen LogP contribution is 2.23. The lowest BCUT2D eigenvalue weighted by molar-refractivity contribution is -0.144. The van der Waals surface area contributed by atoms with Gasteiger partial charge in [0.15, 0.2) is 0 Å². The van der Waals surface area contributed by atoms with E-state index in [0.29, 0.717) is 16.7 Å². The number of hydrogen-bond acceptors (Lipinski definition) is 5. The van der Waals surface area contributed by atoms with Crippen molar-refractivity contribution < 1.29 is 19.5 Å². The number of aromatic amines is 1. The summed E-state index contributed by atoms with van der Waals surface area (Å²) in [5.74, 6) is -0.469. The highest BCUT2D eigenvalue weighted by Gasteiger charge is 2.11. The monoisotopic (exact) mass is 292 g/mol. The van der Waals surface area contributed by atoms with E-state index >= 15 is 0 Å². The van der Waals surface area contributed by atoms with Crippen molar-refractivity contribution in [3.63, 3.8) is 0 Å². The zero-order valence-corrected chi connectivity index (χ0v) is 11.9. The van der Waals surface area contributed by atoms with E-state index in [1.54, 1.807) is 26.0 Å². The second kappa shape index (κ2) is 5.70. The van der Waals surface area contributed by atoms with Gasteiger partial charge in [0.1, 0.15) is 0 Å². The van der Waals surface area contributed by atoms with Crippen LogP contribution in [0.15, 0.2) is 12.1 Å². The molecule has 0 atom stereocenters. The number of hydrogen-bond donors (Lipinski definition) is 4. The maximum atomic E-state index is 11.4. The molecule has 0 bridgehead atoms. The van der Waals surface area contributed by atoms with Crippen LogP contribution in [0.1, 0.15) is 19.4 Å². The molecule has 8 heteroatoms. The van der Waals surface area contributed by atoms with E-state index in [1.807, 2.05) is 6.92 Å². The summed E-state index contributed by atoms with van der Waals surface area (Å²) in [6.45, 7) is 5.29. The Morgan fingerprint density at radius 3 is 2.71 bits per heavy atom. The first-order chi connectivity index (χ1) is 9.86. The maximum absolute atomic E-state index is 11.4. The SMILES string of the molecule is Cc1cc(NOC(=O)C(C)C)cc2[nH]c(NC(=O)O)nc12. The molecule has 1 heterocycles. The molecule has 0 radical (unpaired) electrons. The first-order valence-corrected chi connectivity index (χ1v) is 6.34. The molecular weight excluding hydrogens is 276 g/mol. The Bertz CT molecular complexity index is 693. The van der Waals surface area contributed by atoms with Gasteiger partial charge in [0, 0.05) is 0 Å². The zero-order valence-electron chi connectivity index (χ0n) is 11.9. The summed E-state index contributed by atoms with van der Waals surface area (Å²) in [4.78, 5) is 33.9. The number of carboxylic acid groups (broad SMARTS) is 1. The van der Waals surface area contributed by atoms with Crippen molar-refractivity contribution in [1.82, 2.24) is 9.97 Å².